The molecule has 6 heteroatoms. The number of hydrogen-bond acceptors (Lipinski definition) is 5. The minimum absolute atomic E-state index is 0.156. The Bertz CT molecular complexity index is 691. The van der Waals surface area contributed by atoms with E-state index in [2.05, 4.69) is 44.7 Å². The molecule has 1 atom stereocenters. The highest BCUT2D eigenvalue weighted by atomic mass is 16.2. The predicted molar refractivity (Wildman–Crippen MR) is 115 cm³/mol. The van der Waals surface area contributed by atoms with Gasteiger partial charge in [-0.15, -0.1) is 0 Å². The van der Waals surface area contributed by atoms with E-state index in [9.17, 15) is 9.59 Å². The molecule has 3 aliphatic rings. The van der Waals surface area contributed by atoms with Gasteiger partial charge in [-0.2, -0.15) is 0 Å². The van der Waals surface area contributed by atoms with Crippen molar-refractivity contribution in [3.63, 3.8) is 0 Å². The molecule has 29 heavy (non-hydrogen) atoms. The lowest BCUT2D eigenvalue weighted by Gasteiger charge is -2.36. The topological polar surface area (TPSA) is 64.7 Å². The van der Waals surface area contributed by atoms with Crippen molar-refractivity contribution in [2.45, 2.75) is 44.4 Å². The Balaban J connectivity index is 1.21. The van der Waals surface area contributed by atoms with Crippen LogP contribution in [-0.4, -0.2) is 62.5 Å². The summed E-state index contributed by atoms with van der Waals surface area (Å²) in [5, 5.41) is 5.90. The Morgan fingerprint density at radius 1 is 0.931 bits per heavy atom. The fraction of sp³-hybridized carbons (Fsp3) is 0.652. The van der Waals surface area contributed by atoms with E-state index in [4.69, 9.17) is 0 Å². The first-order chi connectivity index (χ1) is 14.2. The maximum Gasteiger partial charge on any atom is 0.234 e. The number of hydrogen-bond donors (Lipinski definition) is 2. The molecule has 4 rings (SSSR count). The molecule has 0 radical (unpaired) electrons. The van der Waals surface area contributed by atoms with E-state index in [1.165, 1.54) is 51.0 Å². The minimum atomic E-state index is -0.196. The van der Waals surface area contributed by atoms with Crippen molar-refractivity contribution in [3.8, 4) is 0 Å². The largest absolute Gasteiger partial charge is 0.369 e. The van der Waals surface area contributed by atoms with E-state index in [1.54, 1.807) is 0 Å². The fourth-order valence-electron chi connectivity index (χ4n) is 4.93. The molecule has 3 heterocycles. The van der Waals surface area contributed by atoms with Gasteiger partial charge in [-0.25, -0.2) is 0 Å². The minimum Gasteiger partial charge on any atom is -0.369 e. The van der Waals surface area contributed by atoms with Crippen LogP contribution in [0.1, 0.15) is 50.0 Å². The Labute approximate surface area is 174 Å². The van der Waals surface area contributed by atoms with Crippen molar-refractivity contribution < 1.29 is 9.59 Å². The first kappa shape index (κ1) is 20.4. The van der Waals surface area contributed by atoms with E-state index < -0.39 is 0 Å². The molecule has 2 amide bonds. The lowest BCUT2D eigenvalue weighted by molar-refractivity contribution is -0.134. The number of nitrogens with zero attached hydrogens (tertiary/aromatic N) is 2. The van der Waals surface area contributed by atoms with E-state index in [-0.39, 0.29) is 17.7 Å². The van der Waals surface area contributed by atoms with Gasteiger partial charge in [0.25, 0.3) is 0 Å². The predicted octanol–water partition coefficient (Wildman–Crippen LogP) is 2.11. The molecule has 6 nitrogen and oxygen atoms in total. The van der Waals surface area contributed by atoms with Gasteiger partial charge in [0, 0.05) is 38.3 Å². The third-order valence-corrected chi connectivity index (χ3v) is 6.82. The van der Waals surface area contributed by atoms with E-state index in [0.29, 0.717) is 12.8 Å². The third kappa shape index (κ3) is 5.37. The van der Waals surface area contributed by atoms with Crippen LogP contribution in [0.2, 0.25) is 0 Å². The lowest BCUT2D eigenvalue weighted by Crippen LogP contribution is -2.46. The molecular weight excluding hydrogens is 364 g/mol. The molecule has 1 aromatic rings. The standard InChI is InChI=1S/C23H34N4O2/c28-22-8-7-21(23(29)25-22)19-3-5-20(6-4-19)27-16-14-26(15-17-27)13-1-2-18-9-11-24-12-10-18/h3-6,18,21,24H,1-2,7-17H2,(H,25,28,29). The monoisotopic (exact) mass is 398 g/mol. The highest BCUT2D eigenvalue weighted by Gasteiger charge is 2.28. The number of carbonyl (C=O) groups excluding carboxylic acids is 2. The number of benzene rings is 1. The van der Waals surface area contributed by atoms with Gasteiger partial charge in [-0.05, 0) is 75.4 Å². The molecule has 0 saturated carbocycles. The van der Waals surface area contributed by atoms with Gasteiger partial charge in [-0.3, -0.25) is 19.8 Å². The summed E-state index contributed by atoms with van der Waals surface area (Å²) >= 11 is 0. The summed E-state index contributed by atoms with van der Waals surface area (Å²) in [4.78, 5) is 28.5. The third-order valence-electron chi connectivity index (χ3n) is 6.82. The van der Waals surface area contributed by atoms with Gasteiger partial charge < -0.3 is 10.2 Å². The van der Waals surface area contributed by atoms with Crippen LogP contribution in [0, 0.1) is 5.92 Å². The van der Waals surface area contributed by atoms with Crippen LogP contribution in [0.25, 0.3) is 0 Å². The maximum atomic E-state index is 12.1. The zero-order valence-corrected chi connectivity index (χ0v) is 17.4. The molecule has 1 aromatic carbocycles. The quantitative estimate of drug-likeness (QED) is 0.719. The Morgan fingerprint density at radius 3 is 2.34 bits per heavy atom. The molecule has 0 aliphatic carbocycles. The second-order valence-electron chi connectivity index (χ2n) is 8.76. The molecule has 0 spiro atoms. The summed E-state index contributed by atoms with van der Waals surface area (Å²) in [7, 11) is 0. The summed E-state index contributed by atoms with van der Waals surface area (Å²) in [6.45, 7) is 8.00. The molecule has 0 bridgehead atoms. The number of carbonyl (C=O) groups is 2. The number of piperidine rings is 2. The smallest absolute Gasteiger partial charge is 0.234 e. The fourth-order valence-corrected chi connectivity index (χ4v) is 4.93. The molecule has 2 N–H and O–H groups in total. The van der Waals surface area contributed by atoms with Crippen molar-refractivity contribution >= 4 is 17.5 Å². The van der Waals surface area contributed by atoms with Gasteiger partial charge >= 0.3 is 0 Å². The van der Waals surface area contributed by atoms with Gasteiger partial charge in [0.1, 0.15) is 0 Å². The van der Waals surface area contributed by atoms with Crippen molar-refractivity contribution in [2.75, 3.05) is 50.7 Å². The van der Waals surface area contributed by atoms with Gasteiger partial charge in [0.05, 0.1) is 5.92 Å². The first-order valence-electron chi connectivity index (χ1n) is 11.3. The molecule has 3 aliphatic heterocycles. The van der Waals surface area contributed by atoms with Crippen LogP contribution in [0.4, 0.5) is 5.69 Å². The van der Waals surface area contributed by atoms with Gasteiger partial charge in [-0.1, -0.05) is 12.1 Å². The molecule has 3 saturated heterocycles. The SMILES string of the molecule is O=C1CCC(c2ccc(N3CCN(CCCC4CCNCC4)CC3)cc2)C(=O)N1. The second kappa shape index (κ2) is 9.72. The first-order valence-corrected chi connectivity index (χ1v) is 11.3. The van der Waals surface area contributed by atoms with Gasteiger partial charge in [0.2, 0.25) is 11.8 Å². The van der Waals surface area contributed by atoms with Crippen LogP contribution < -0.4 is 15.5 Å². The van der Waals surface area contributed by atoms with Crippen molar-refractivity contribution in [1.82, 2.24) is 15.5 Å². The number of rotatable bonds is 6. The molecule has 3 fully saturated rings. The number of imide groups is 1. The summed E-state index contributed by atoms with van der Waals surface area (Å²) in [6, 6.07) is 8.37. The average molecular weight is 399 g/mol. The van der Waals surface area contributed by atoms with Crippen molar-refractivity contribution in [1.29, 1.82) is 0 Å². The van der Waals surface area contributed by atoms with E-state index in [0.717, 1.165) is 37.7 Å². The highest BCUT2D eigenvalue weighted by Crippen LogP contribution is 2.27. The number of anilines is 1. The maximum absolute atomic E-state index is 12.1. The van der Waals surface area contributed by atoms with Crippen molar-refractivity contribution in [2.24, 2.45) is 5.92 Å². The molecular formula is C23H34N4O2. The van der Waals surface area contributed by atoms with Crippen LogP contribution in [0.15, 0.2) is 24.3 Å². The number of nitrogens with one attached hydrogen (secondary N) is 2. The van der Waals surface area contributed by atoms with E-state index >= 15 is 0 Å². The van der Waals surface area contributed by atoms with Crippen LogP contribution >= 0.6 is 0 Å². The normalized spacial score (nSPS) is 24.6. The second-order valence-corrected chi connectivity index (χ2v) is 8.76. The molecule has 0 aromatic heterocycles. The lowest BCUT2D eigenvalue weighted by atomic mass is 9.90. The zero-order valence-electron chi connectivity index (χ0n) is 17.4. The Hall–Kier alpha value is -1.92. The average Bonchev–Trinajstić information content (AvgIpc) is 2.75. The van der Waals surface area contributed by atoms with Crippen LogP contribution in [-0.2, 0) is 9.59 Å². The van der Waals surface area contributed by atoms with Crippen molar-refractivity contribution in [3.05, 3.63) is 29.8 Å². The van der Waals surface area contributed by atoms with Crippen LogP contribution in [0.3, 0.4) is 0 Å². The van der Waals surface area contributed by atoms with Crippen LogP contribution in [0.5, 0.6) is 0 Å². The highest BCUT2D eigenvalue weighted by molar-refractivity contribution is 6.00. The molecule has 1 unspecified atom stereocenters. The molecule has 158 valence electrons. The Kier molecular flexibility index (Phi) is 6.82. The number of piperazine rings is 1. The van der Waals surface area contributed by atoms with Gasteiger partial charge in [0.15, 0.2) is 0 Å². The number of amides is 2. The zero-order chi connectivity index (χ0) is 20.1. The Morgan fingerprint density at radius 2 is 1.66 bits per heavy atom. The van der Waals surface area contributed by atoms with E-state index in [1.807, 2.05) is 0 Å². The summed E-state index contributed by atoms with van der Waals surface area (Å²) < 4.78 is 0. The summed E-state index contributed by atoms with van der Waals surface area (Å²) in [5.41, 5.74) is 2.24. The summed E-state index contributed by atoms with van der Waals surface area (Å²) in [6.07, 6.45) is 6.44. The summed E-state index contributed by atoms with van der Waals surface area (Å²) in [5.74, 6) is 0.419.